The monoisotopic (exact) mass is 332 g/mol. The number of halogens is 1. The molecule has 0 spiro atoms. The van der Waals surface area contributed by atoms with Gasteiger partial charge in [-0.15, -0.1) is 12.4 Å². The molecule has 6 heteroatoms. The van der Waals surface area contributed by atoms with Crippen LogP contribution in [-0.4, -0.2) is 38.4 Å². The van der Waals surface area contributed by atoms with Crippen molar-refractivity contribution in [2.75, 3.05) is 19.6 Å². The molecular formula is C15H25ClN2O2S. The first-order valence-corrected chi connectivity index (χ1v) is 8.70. The van der Waals surface area contributed by atoms with Gasteiger partial charge < -0.3 is 5.32 Å². The van der Waals surface area contributed by atoms with Gasteiger partial charge in [-0.25, -0.2) is 8.42 Å². The number of benzene rings is 1. The first kappa shape index (κ1) is 18.4. The molecular weight excluding hydrogens is 308 g/mol. The number of nitrogens with zero attached hydrogens (tertiary/aromatic N) is 1. The normalized spacial score (nSPS) is 18.8. The zero-order valence-electron chi connectivity index (χ0n) is 12.9. The van der Waals surface area contributed by atoms with E-state index in [1.807, 2.05) is 32.9 Å². The van der Waals surface area contributed by atoms with E-state index in [0.717, 1.165) is 37.1 Å². The number of sulfonamides is 1. The Morgan fingerprint density at radius 3 is 2.57 bits per heavy atom. The van der Waals surface area contributed by atoms with Crippen LogP contribution in [0.1, 0.15) is 30.9 Å². The lowest BCUT2D eigenvalue weighted by Gasteiger charge is -2.28. The van der Waals surface area contributed by atoms with Crippen molar-refractivity contribution in [1.82, 2.24) is 9.62 Å². The third-order valence-corrected chi connectivity index (χ3v) is 5.91. The molecule has 0 aromatic heterocycles. The Balaban J connectivity index is 0.00000220. The van der Waals surface area contributed by atoms with Crippen LogP contribution in [0, 0.1) is 13.8 Å². The highest BCUT2D eigenvalue weighted by Gasteiger charge is 2.33. The maximum Gasteiger partial charge on any atom is 0.243 e. The Kier molecular flexibility index (Phi) is 6.66. The molecule has 4 nitrogen and oxygen atoms in total. The molecule has 1 aliphatic heterocycles. The fourth-order valence-electron chi connectivity index (χ4n) is 2.82. The number of nitrogens with one attached hydrogen (secondary N) is 1. The topological polar surface area (TPSA) is 49.4 Å². The smallest absolute Gasteiger partial charge is 0.243 e. The van der Waals surface area contributed by atoms with Gasteiger partial charge in [-0.05, 0) is 44.9 Å². The average molecular weight is 333 g/mol. The van der Waals surface area contributed by atoms with Crippen molar-refractivity contribution in [3.05, 3.63) is 29.3 Å². The molecule has 1 saturated heterocycles. The standard InChI is InChI=1S/C15H24N2O2S.ClH/c1-4-9-17(14-7-8-16-11-14)20(18,19)15-6-5-12(2)10-13(15)3;/h5-6,10,14,16H,4,7-9,11H2,1-3H3;1H. The van der Waals surface area contributed by atoms with E-state index in [9.17, 15) is 8.42 Å². The number of rotatable bonds is 5. The molecule has 1 heterocycles. The van der Waals surface area contributed by atoms with E-state index in [4.69, 9.17) is 0 Å². The first-order chi connectivity index (χ1) is 9.46. The van der Waals surface area contributed by atoms with Gasteiger partial charge in [-0.1, -0.05) is 24.6 Å². The van der Waals surface area contributed by atoms with Gasteiger partial charge in [0, 0.05) is 19.1 Å². The van der Waals surface area contributed by atoms with E-state index in [0.29, 0.717) is 11.4 Å². The molecule has 1 atom stereocenters. The molecule has 0 radical (unpaired) electrons. The first-order valence-electron chi connectivity index (χ1n) is 7.26. The van der Waals surface area contributed by atoms with Gasteiger partial charge in [0.05, 0.1) is 4.90 Å². The Labute approximate surface area is 134 Å². The van der Waals surface area contributed by atoms with E-state index >= 15 is 0 Å². The van der Waals surface area contributed by atoms with Gasteiger partial charge in [-0.2, -0.15) is 4.31 Å². The molecule has 1 aliphatic rings. The van der Waals surface area contributed by atoms with Crippen LogP contribution < -0.4 is 5.32 Å². The Morgan fingerprint density at radius 1 is 1.33 bits per heavy atom. The SMILES string of the molecule is CCCN(C1CCNC1)S(=O)(=O)c1ccc(C)cc1C.Cl. The summed E-state index contributed by atoms with van der Waals surface area (Å²) in [7, 11) is -3.40. The average Bonchev–Trinajstić information content (AvgIpc) is 2.88. The van der Waals surface area contributed by atoms with Crippen molar-refractivity contribution in [2.24, 2.45) is 0 Å². The summed E-state index contributed by atoms with van der Waals surface area (Å²) in [5.74, 6) is 0. The van der Waals surface area contributed by atoms with Gasteiger partial charge in [0.15, 0.2) is 0 Å². The Hall–Kier alpha value is -0.620. The molecule has 2 rings (SSSR count). The summed E-state index contributed by atoms with van der Waals surface area (Å²) >= 11 is 0. The van der Waals surface area contributed by atoms with Gasteiger partial charge in [0.2, 0.25) is 10.0 Å². The van der Waals surface area contributed by atoms with E-state index < -0.39 is 10.0 Å². The summed E-state index contributed by atoms with van der Waals surface area (Å²) in [6.45, 7) is 8.11. The second-order valence-corrected chi connectivity index (χ2v) is 7.39. The summed E-state index contributed by atoms with van der Waals surface area (Å²) in [6.07, 6.45) is 1.73. The largest absolute Gasteiger partial charge is 0.315 e. The maximum atomic E-state index is 12.9. The van der Waals surface area contributed by atoms with E-state index in [1.54, 1.807) is 10.4 Å². The molecule has 0 saturated carbocycles. The Morgan fingerprint density at radius 2 is 2.05 bits per heavy atom. The van der Waals surface area contributed by atoms with Crippen molar-refractivity contribution in [1.29, 1.82) is 0 Å². The van der Waals surface area contributed by atoms with E-state index in [-0.39, 0.29) is 18.4 Å². The van der Waals surface area contributed by atoms with Crippen LogP contribution in [0.4, 0.5) is 0 Å². The molecule has 0 amide bonds. The second-order valence-electron chi connectivity index (χ2n) is 5.53. The minimum Gasteiger partial charge on any atom is -0.315 e. The quantitative estimate of drug-likeness (QED) is 0.901. The van der Waals surface area contributed by atoms with Crippen LogP contribution in [0.15, 0.2) is 23.1 Å². The van der Waals surface area contributed by atoms with Crippen LogP contribution in [0.3, 0.4) is 0 Å². The molecule has 0 bridgehead atoms. The summed E-state index contributed by atoms with van der Waals surface area (Å²) < 4.78 is 27.6. The molecule has 0 aliphatic carbocycles. The van der Waals surface area contributed by atoms with Crippen LogP contribution >= 0.6 is 12.4 Å². The molecule has 1 fully saturated rings. The number of aryl methyl sites for hydroxylation is 2. The number of hydrogen-bond donors (Lipinski definition) is 1. The zero-order chi connectivity index (χ0) is 14.8. The van der Waals surface area contributed by atoms with Crippen molar-refractivity contribution in [3.8, 4) is 0 Å². The van der Waals surface area contributed by atoms with Crippen LogP contribution in [0.25, 0.3) is 0 Å². The summed E-state index contributed by atoms with van der Waals surface area (Å²) in [5, 5.41) is 3.25. The van der Waals surface area contributed by atoms with Gasteiger partial charge in [0.1, 0.15) is 0 Å². The van der Waals surface area contributed by atoms with Crippen molar-refractivity contribution < 1.29 is 8.42 Å². The highest BCUT2D eigenvalue weighted by molar-refractivity contribution is 7.89. The zero-order valence-corrected chi connectivity index (χ0v) is 14.6. The van der Waals surface area contributed by atoms with Crippen molar-refractivity contribution in [3.63, 3.8) is 0 Å². The third kappa shape index (κ3) is 3.97. The Bertz CT molecular complexity index is 569. The van der Waals surface area contributed by atoms with E-state index in [2.05, 4.69) is 5.32 Å². The molecule has 21 heavy (non-hydrogen) atoms. The van der Waals surface area contributed by atoms with Crippen molar-refractivity contribution in [2.45, 2.75) is 44.6 Å². The van der Waals surface area contributed by atoms with Gasteiger partial charge >= 0.3 is 0 Å². The summed E-state index contributed by atoms with van der Waals surface area (Å²) in [5.41, 5.74) is 1.92. The highest BCUT2D eigenvalue weighted by atomic mass is 35.5. The third-order valence-electron chi connectivity index (χ3n) is 3.80. The molecule has 1 unspecified atom stereocenters. The van der Waals surface area contributed by atoms with Crippen molar-refractivity contribution >= 4 is 22.4 Å². The molecule has 1 aromatic rings. The lowest BCUT2D eigenvalue weighted by Crippen LogP contribution is -2.42. The van der Waals surface area contributed by atoms with Crippen LogP contribution in [0.2, 0.25) is 0 Å². The van der Waals surface area contributed by atoms with Crippen LogP contribution in [-0.2, 0) is 10.0 Å². The van der Waals surface area contributed by atoms with Gasteiger partial charge in [0.25, 0.3) is 0 Å². The van der Waals surface area contributed by atoms with Gasteiger partial charge in [-0.3, -0.25) is 0 Å². The minimum atomic E-state index is -3.40. The minimum absolute atomic E-state index is 0. The molecule has 1 aromatic carbocycles. The lowest BCUT2D eigenvalue weighted by atomic mass is 10.2. The van der Waals surface area contributed by atoms with Crippen LogP contribution in [0.5, 0.6) is 0 Å². The maximum absolute atomic E-state index is 12.9. The predicted octanol–water partition coefficient (Wildman–Crippen LogP) is 2.49. The highest BCUT2D eigenvalue weighted by Crippen LogP contribution is 2.24. The lowest BCUT2D eigenvalue weighted by molar-refractivity contribution is 0.335. The number of hydrogen-bond acceptors (Lipinski definition) is 3. The van der Waals surface area contributed by atoms with E-state index in [1.165, 1.54) is 0 Å². The molecule has 120 valence electrons. The predicted molar refractivity (Wildman–Crippen MR) is 88.6 cm³/mol. The summed E-state index contributed by atoms with van der Waals surface area (Å²) in [4.78, 5) is 0.448. The molecule has 1 N–H and O–H groups in total. The summed E-state index contributed by atoms with van der Waals surface area (Å²) in [6, 6.07) is 5.63. The fraction of sp³-hybridized carbons (Fsp3) is 0.600. The second kappa shape index (κ2) is 7.58. The fourth-order valence-corrected chi connectivity index (χ4v) is 4.77.